The van der Waals surface area contributed by atoms with Gasteiger partial charge in [-0.2, -0.15) is 0 Å². The Hall–Kier alpha value is -4.71. The summed E-state index contributed by atoms with van der Waals surface area (Å²) in [5, 5.41) is 0. The molecule has 0 aromatic rings. The summed E-state index contributed by atoms with van der Waals surface area (Å²) in [5.41, 5.74) is 0. The van der Waals surface area contributed by atoms with Crippen LogP contribution in [0.15, 0.2) is 146 Å². The molecule has 0 aliphatic carbocycles. The monoisotopic (exact) mass is 1090 g/mol. The second-order valence-corrected chi connectivity index (χ2v) is 20.9. The van der Waals surface area contributed by atoms with Crippen molar-refractivity contribution in [3.63, 3.8) is 0 Å². The lowest BCUT2D eigenvalue weighted by molar-refractivity contribution is -0.167. The van der Waals surface area contributed by atoms with Crippen LogP contribution in [0.2, 0.25) is 0 Å². The van der Waals surface area contributed by atoms with Crippen molar-refractivity contribution in [3.8, 4) is 0 Å². The van der Waals surface area contributed by atoms with Crippen LogP contribution >= 0.6 is 0 Å². The first-order valence-electron chi connectivity index (χ1n) is 32.3. The second kappa shape index (κ2) is 65.8. The van der Waals surface area contributed by atoms with Crippen molar-refractivity contribution < 1.29 is 28.6 Å². The van der Waals surface area contributed by atoms with Gasteiger partial charge in [-0.05, 0) is 135 Å². The first-order chi connectivity index (χ1) is 39.0. The maximum Gasteiger partial charge on any atom is 0.306 e. The number of unbranched alkanes of at least 4 members (excludes halogenated alkanes) is 22. The van der Waals surface area contributed by atoms with Crippen molar-refractivity contribution in [1.29, 1.82) is 0 Å². The molecule has 6 nitrogen and oxygen atoms in total. The maximum atomic E-state index is 12.9. The quantitative estimate of drug-likeness (QED) is 0.0261. The molecule has 6 heteroatoms. The largest absolute Gasteiger partial charge is 0.462 e. The van der Waals surface area contributed by atoms with Crippen molar-refractivity contribution in [1.82, 2.24) is 0 Å². The van der Waals surface area contributed by atoms with E-state index in [4.69, 9.17) is 14.2 Å². The number of hydrogen-bond donors (Lipinski definition) is 0. The minimum atomic E-state index is -0.801. The first-order valence-corrected chi connectivity index (χ1v) is 32.3. The van der Waals surface area contributed by atoms with E-state index in [1.165, 1.54) is 77.0 Å². The molecule has 0 heterocycles. The Bertz CT molecular complexity index is 1730. The zero-order chi connectivity index (χ0) is 57.1. The molecule has 0 saturated heterocycles. The molecule has 1 atom stereocenters. The van der Waals surface area contributed by atoms with Gasteiger partial charge < -0.3 is 14.2 Å². The topological polar surface area (TPSA) is 78.9 Å². The molecular weight excluding hydrogens is 973 g/mol. The molecule has 0 amide bonds. The van der Waals surface area contributed by atoms with Gasteiger partial charge in [-0.15, -0.1) is 0 Å². The van der Waals surface area contributed by atoms with Crippen LogP contribution in [0.4, 0.5) is 0 Å². The van der Waals surface area contributed by atoms with E-state index >= 15 is 0 Å². The lowest BCUT2D eigenvalue weighted by Gasteiger charge is -2.18. The standard InChI is InChI=1S/C73H118O6/c1-4-7-10-13-16-19-22-25-28-30-32-34-36-38-40-42-45-48-51-54-57-60-63-66-72(75)78-69-70(68-77-71(74)65-62-59-56-53-50-47-44-27-24-21-18-15-12-9-6-3)79-73(76)67-64-61-58-55-52-49-46-43-41-39-37-35-33-31-29-26-23-20-17-14-11-8-5-2/h7-12,16-21,25-29,32-35,38,40,44,70H,4-6,13-15,22-24,30-31,36-37,39,41-43,45-69H2,1-3H3/b10-7-,11-8-,12-9-,19-16-,20-17-,21-18-,28-25-,29-26-,34-32-,35-33-,40-38-,44-27-. The van der Waals surface area contributed by atoms with E-state index in [-0.39, 0.29) is 31.1 Å². The lowest BCUT2D eigenvalue weighted by Crippen LogP contribution is -2.30. The van der Waals surface area contributed by atoms with Gasteiger partial charge in [0.05, 0.1) is 0 Å². The van der Waals surface area contributed by atoms with E-state index < -0.39 is 6.10 Å². The minimum absolute atomic E-state index is 0.0960. The van der Waals surface area contributed by atoms with Gasteiger partial charge in [-0.25, -0.2) is 0 Å². The molecule has 446 valence electrons. The Balaban J connectivity index is 4.43. The van der Waals surface area contributed by atoms with Crippen LogP contribution in [-0.2, 0) is 28.6 Å². The number of allylic oxidation sites excluding steroid dienone is 24. The Morgan fingerprint density at radius 1 is 0.253 bits per heavy atom. The summed E-state index contributed by atoms with van der Waals surface area (Å²) < 4.78 is 16.9. The van der Waals surface area contributed by atoms with Crippen molar-refractivity contribution in [2.75, 3.05) is 13.2 Å². The average Bonchev–Trinajstić information content (AvgIpc) is 3.45. The molecule has 79 heavy (non-hydrogen) atoms. The van der Waals surface area contributed by atoms with Gasteiger partial charge >= 0.3 is 17.9 Å². The molecule has 0 aliphatic heterocycles. The Morgan fingerprint density at radius 3 is 0.709 bits per heavy atom. The summed E-state index contributed by atoms with van der Waals surface area (Å²) in [4.78, 5) is 38.4. The molecule has 0 saturated carbocycles. The van der Waals surface area contributed by atoms with Crippen molar-refractivity contribution in [2.24, 2.45) is 0 Å². The van der Waals surface area contributed by atoms with E-state index in [0.717, 1.165) is 161 Å². The predicted molar refractivity (Wildman–Crippen MR) is 343 cm³/mol. The van der Waals surface area contributed by atoms with E-state index in [0.29, 0.717) is 19.3 Å². The molecule has 0 fully saturated rings. The van der Waals surface area contributed by atoms with Crippen LogP contribution in [-0.4, -0.2) is 37.2 Å². The fourth-order valence-electron chi connectivity index (χ4n) is 8.59. The fourth-order valence-corrected chi connectivity index (χ4v) is 8.59. The highest BCUT2D eigenvalue weighted by Crippen LogP contribution is 2.15. The van der Waals surface area contributed by atoms with Crippen LogP contribution in [0.25, 0.3) is 0 Å². The van der Waals surface area contributed by atoms with Crippen LogP contribution in [0.5, 0.6) is 0 Å². The normalized spacial score (nSPS) is 13.1. The fraction of sp³-hybridized carbons (Fsp3) is 0.630. The molecule has 0 aromatic carbocycles. The zero-order valence-electron chi connectivity index (χ0n) is 51.1. The third-order valence-electron chi connectivity index (χ3n) is 13.3. The minimum Gasteiger partial charge on any atom is -0.462 e. The Morgan fingerprint density at radius 2 is 0.456 bits per heavy atom. The lowest BCUT2D eigenvalue weighted by atomic mass is 10.0. The number of carbonyl (C=O) groups is 3. The molecule has 0 rings (SSSR count). The average molecular weight is 1090 g/mol. The summed E-state index contributed by atoms with van der Waals surface area (Å²) >= 11 is 0. The molecular formula is C73H118O6. The maximum absolute atomic E-state index is 12.9. The SMILES string of the molecule is CC/C=C\C/C=C\C/C=C\C/C=C\C/C=C\CCCCCCCCCC(=O)OCC(COC(=O)CCCCCCC/C=C\C/C=C\C/C=C\CC)OC(=O)CCCCCCCCCCCC/C=C\C/C=C\C/C=C\C/C=C\CC. The number of carbonyl (C=O) groups excluding carboxylic acids is 3. The van der Waals surface area contributed by atoms with Gasteiger partial charge in [0, 0.05) is 19.3 Å². The molecule has 0 spiro atoms. The molecule has 0 aliphatic rings. The highest BCUT2D eigenvalue weighted by Gasteiger charge is 2.19. The van der Waals surface area contributed by atoms with Gasteiger partial charge in [0.1, 0.15) is 13.2 Å². The van der Waals surface area contributed by atoms with E-state index in [9.17, 15) is 14.4 Å². The van der Waals surface area contributed by atoms with Crippen LogP contribution in [0.1, 0.15) is 278 Å². The summed E-state index contributed by atoms with van der Waals surface area (Å²) in [6, 6.07) is 0. The van der Waals surface area contributed by atoms with Crippen LogP contribution < -0.4 is 0 Å². The zero-order valence-corrected chi connectivity index (χ0v) is 51.1. The number of rotatable bonds is 57. The van der Waals surface area contributed by atoms with Gasteiger partial charge in [0.25, 0.3) is 0 Å². The van der Waals surface area contributed by atoms with Crippen molar-refractivity contribution in [3.05, 3.63) is 146 Å². The molecule has 0 N–H and O–H groups in total. The third-order valence-corrected chi connectivity index (χ3v) is 13.3. The molecule has 1 unspecified atom stereocenters. The molecule has 0 aromatic heterocycles. The highest BCUT2D eigenvalue weighted by atomic mass is 16.6. The number of ether oxygens (including phenoxy) is 3. The summed E-state index contributed by atoms with van der Waals surface area (Å²) in [6.45, 7) is 6.28. The summed E-state index contributed by atoms with van der Waals surface area (Å²) in [7, 11) is 0. The molecule has 0 radical (unpaired) electrons. The van der Waals surface area contributed by atoms with Gasteiger partial charge in [0.15, 0.2) is 6.10 Å². The van der Waals surface area contributed by atoms with Crippen LogP contribution in [0, 0.1) is 0 Å². The predicted octanol–water partition coefficient (Wildman–Crippen LogP) is 22.3. The van der Waals surface area contributed by atoms with Gasteiger partial charge in [-0.1, -0.05) is 269 Å². The number of esters is 3. The highest BCUT2D eigenvalue weighted by molar-refractivity contribution is 5.71. The van der Waals surface area contributed by atoms with E-state index in [1.54, 1.807) is 0 Å². The summed E-state index contributed by atoms with van der Waals surface area (Å²) in [5.74, 6) is -0.926. The van der Waals surface area contributed by atoms with Gasteiger partial charge in [0.2, 0.25) is 0 Å². The Kier molecular flexibility index (Phi) is 61.9. The number of hydrogen-bond acceptors (Lipinski definition) is 6. The summed E-state index contributed by atoms with van der Waals surface area (Å²) in [6.07, 6.45) is 94.2. The smallest absolute Gasteiger partial charge is 0.306 e. The van der Waals surface area contributed by atoms with Crippen molar-refractivity contribution >= 4 is 17.9 Å². The van der Waals surface area contributed by atoms with Gasteiger partial charge in [-0.3, -0.25) is 14.4 Å². The van der Waals surface area contributed by atoms with Crippen molar-refractivity contribution in [2.45, 2.75) is 284 Å². The van der Waals surface area contributed by atoms with E-state index in [1.807, 2.05) is 0 Å². The Labute approximate surface area is 487 Å². The van der Waals surface area contributed by atoms with E-state index in [2.05, 4.69) is 167 Å². The van der Waals surface area contributed by atoms with Crippen LogP contribution in [0.3, 0.4) is 0 Å². The molecule has 0 bridgehead atoms. The third kappa shape index (κ3) is 64.0. The first kappa shape index (κ1) is 74.3. The second-order valence-electron chi connectivity index (χ2n) is 20.9.